The van der Waals surface area contributed by atoms with Crippen molar-refractivity contribution in [3.05, 3.63) is 29.6 Å². The first-order valence-electron chi connectivity index (χ1n) is 6.52. The van der Waals surface area contributed by atoms with E-state index >= 15 is 0 Å². The highest BCUT2D eigenvalue weighted by Gasteiger charge is 2.31. The summed E-state index contributed by atoms with van der Waals surface area (Å²) in [6.45, 7) is 0. The first-order valence-corrected chi connectivity index (χ1v) is 8.24. The lowest BCUT2D eigenvalue weighted by atomic mass is 10.1. The van der Waals surface area contributed by atoms with E-state index in [0.29, 0.717) is 12.8 Å². The van der Waals surface area contributed by atoms with Crippen LogP contribution in [0.4, 0.5) is 4.39 Å². The molecule has 1 saturated carbocycles. The quantitative estimate of drug-likeness (QED) is 0.783. The number of ether oxygens (including phenoxy) is 1. The summed E-state index contributed by atoms with van der Waals surface area (Å²) in [4.78, 5) is 12.1. The van der Waals surface area contributed by atoms with E-state index in [-0.39, 0.29) is 11.3 Å². The largest absolute Gasteiger partial charge is 0.496 e. The van der Waals surface area contributed by atoms with Gasteiger partial charge in [0.15, 0.2) is 15.6 Å². The van der Waals surface area contributed by atoms with E-state index in [1.807, 2.05) is 0 Å². The fourth-order valence-corrected chi connectivity index (χ4v) is 4.33. The van der Waals surface area contributed by atoms with Crippen LogP contribution < -0.4 is 4.74 Å². The number of Topliss-reactive ketones (excluding diaryl/α,β-unsaturated/α-hetero) is 1. The average Bonchev–Trinajstić information content (AvgIpc) is 2.92. The van der Waals surface area contributed by atoms with Gasteiger partial charge in [0.2, 0.25) is 0 Å². The Bertz CT molecular complexity index is 604. The molecule has 20 heavy (non-hydrogen) atoms. The molecule has 2 rings (SSSR count). The third kappa shape index (κ3) is 3.17. The monoisotopic (exact) mass is 300 g/mol. The Morgan fingerprint density at radius 1 is 1.35 bits per heavy atom. The standard InChI is InChI=1S/C14H17FO4S/c1-19-14-7-6-10(15)8-12(14)13(16)9-20(17,18)11-4-2-3-5-11/h6-8,11H,2-5,9H2,1H3. The van der Waals surface area contributed by atoms with Crippen LogP contribution in [0.2, 0.25) is 0 Å². The topological polar surface area (TPSA) is 60.4 Å². The van der Waals surface area contributed by atoms with Crippen molar-refractivity contribution in [3.63, 3.8) is 0 Å². The Labute approximate surface area is 117 Å². The van der Waals surface area contributed by atoms with E-state index in [0.717, 1.165) is 18.9 Å². The fraction of sp³-hybridized carbons (Fsp3) is 0.500. The molecule has 0 amide bonds. The number of halogens is 1. The molecule has 4 nitrogen and oxygen atoms in total. The summed E-state index contributed by atoms with van der Waals surface area (Å²) in [5.74, 6) is -1.60. The molecule has 0 spiro atoms. The van der Waals surface area contributed by atoms with Gasteiger partial charge in [-0.2, -0.15) is 0 Å². The van der Waals surface area contributed by atoms with Crippen LogP contribution >= 0.6 is 0 Å². The van der Waals surface area contributed by atoms with Crippen molar-refractivity contribution in [2.24, 2.45) is 0 Å². The Balaban J connectivity index is 2.21. The maximum Gasteiger partial charge on any atom is 0.181 e. The highest BCUT2D eigenvalue weighted by Crippen LogP contribution is 2.27. The molecular weight excluding hydrogens is 283 g/mol. The van der Waals surface area contributed by atoms with Gasteiger partial charge in [-0.05, 0) is 31.0 Å². The predicted octanol–water partition coefficient (Wildman–Crippen LogP) is 2.37. The van der Waals surface area contributed by atoms with Gasteiger partial charge in [-0.15, -0.1) is 0 Å². The van der Waals surface area contributed by atoms with Crippen molar-refractivity contribution >= 4 is 15.6 Å². The summed E-state index contributed by atoms with van der Waals surface area (Å²) in [5, 5.41) is -0.439. The van der Waals surface area contributed by atoms with Crippen LogP contribution in [-0.2, 0) is 9.84 Å². The van der Waals surface area contributed by atoms with Gasteiger partial charge in [-0.3, -0.25) is 4.79 Å². The molecule has 1 aliphatic rings. The van der Waals surface area contributed by atoms with Crippen LogP contribution in [0.1, 0.15) is 36.0 Å². The highest BCUT2D eigenvalue weighted by molar-refractivity contribution is 7.92. The molecule has 0 unspecified atom stereocenters. The van der Waals surface area contributed by atoms with Gasteiger partial charge in [-0.25, -0.2) is 12.8 Å². The molecule has 110 valence electrons. The molecule has 0 bridgehead atoms. The van der Waals surface area contributed by atoms with Crippen LogP contribution in [-0.4, -0.2) is 32.3 Å². The van der Waals surface area contributed by atoms with Crippen molar-refractivity contribution in [3.8, 4) is 5.75 Å². The van der Waals surface area contributed by atoms with Crippen LogP contribution in [0.5, 0.6) is 5.75 Å². The number of rotatable bonds is 5. The Morgan fingerprint density at radius 3 is 2.60 bits per heavy atom. The van der Waals surface area contributed by atoms with Crippen molar-refractivity contribution < 1.29 is 22.3 Å². The Kier molecular flexibility index (Phi) is 4.42. The number of ketones is 1. The number of hydrogen-bond acceptors (Lipinski definition) is 4. The van der Waals surface area contributed by atoms with Crippen LogP contribution in [0.3, 0.4) is 0 Å². The first kappa shape index (κ1) is 15.0. The molecule has 1 aromatic carbocycles. The van der Waals surface area contributed by atoms with E-state index in [4.69, 9.17) is 4.74 Å². The van der Waals surface area contributed by atoms with Gasteiger partial charge in [0.05, 0.1) is 17.9 Å². The van der Waals surface area contributed by atoms with Gasteiger partial charge in [0.25, 0.3) is 0 Å². The summed E-state index contributed by atoms with van der Waals surface area (Å²) in [6, 6.07) is 3.51. The first-order chi connectivity index (χ1) is 9.44. The minimum absolute atomic E-state index is 0.0194. The number of sulfone groups is 1. The van der Waals surface area contributed by atoms with Crippen molar-refractivity contribution in [2.45, 2.75) is 30.9 Å². The zero-order valence-corrected chi connectivity index (χ0v) is 12.1. The maximum absolute atomic E-state index is 13.2. The number of methoxy groups -OCH3 is 1. The molecule has 0 heterocycles. The lowest BCUT2D eigenvalue weighted by Gasteiger charge is -2.12. The zero-order valence-electron chi connectivity index (χ0n) is 11.3. The highest BCUT2D eigenvalue weighted by atomic mass is 32.2. The lowest BCUT2D eigenvalue weighted by molar-refractivity contribution is 0.101. The molecule has 1 aliphatic carbocycles. The summed E-state index contributed by atoms with van der Waals surface area (Å²) < 4.78 is 42.5. The molecule has 1 fully saturated rings. The number of carbonyl (C=O) groups excluding carboxylic acids is 1. The maximum atomic E-state index is 13.2. The third-order valence-electron chi connectivity index (χ3n) is 3.60. The predicted molar refractivity (Wildman–Crippen MR) is 73.3 cm³/mol. The average molecular weight is 300 g/mol. The van der Waals surface area contributed by atoms with Crippen LogP contribution in [0.25, 0.3) is 0 Å². The van der Waals surface area contributed by atoms with Crippen LogP contribution in [0, 0.1) is 5.82 Å². The van der Waals surface area contributed by atoms with E-state index in [1.165, 1.54) is 19.2 Å². The van der Waals surface area contributed by atoms with E-state index < -0.39 is 32.4 Å². The molecule has 0 atom stereocenters. The number of hydrogen-bond donors (Lipinski definition) is 0. The molecule has 0 saturated heterocycles. The molecule has 6 heteroatoms. The van der Waals surface area contributed by atoms with Crippen molar-refractivity contribution in [1.29, 1.82) is 0 Å². The molecule has 0 aromatic heterocycles. The Hall–Kier alpha value is -1.43. The SMILES string of the molecule is COc1ccc(F)cc1C(=O)CS(=O)(=O)C1CCCC1. The zero-order chi connectivity index (χ0) is 14.8. The van der Waals surface area contributed by atoms with E-state index in [9.17, 15) is 17.6 Å². The lowest BCUT2D eigenvalue weighted by Crippen LogP contribution is -2.26. The number of benzene rings is 1. The summed E-state index contributed by atoms with van der Waals surface area (Å²) in [6.07, 6.45) is 2.97. The minimum atomic E-state index is -3.47. The minimum Gasteiger partial charge on any atom is -0.496 e. The second-order valence-corrected chi connectivity index (χ2v) is 7.26. The fourth-order valence-electron chi connectivity index (χ4n) is 2.52. The van der Waals surface area contributed by atoms with Crippen LogP contribution in [0.15, 0.2) is 18.2 Å². The van der Waals surface area contributed by atoms with Gasteiger partial charge >= 0.3 is 0 Å². The molecule has 0 radical (unpaired) electrons. The molecule has 1 aromatic rings. The van der Waals surface area contributed by atoms with Crippen molar-refractivity contribution in [1.82, 2.24) is 0 Å². The van der Waals surface area contributed by atoms with Gasteiger partial charge in [0, 0.05) is 0 Å². The summed E-state index contributed by atoms with van der Waals surface area (Å²) >= 11 is 0. The normalized spacial score (nSPS) is 16.3. The van der Waals surface area contributed by atoms with E-state index in [1.54, 1.807) is 0 Å². The van der Waals surface area contributed by atoms with Gasteiger partial charge in [-0.1, -0.05) is 12.8 Å². The van der Waals surface area contributed by atoms with Crippen molar-refractivity contribution in [2.75, 3.05) is 12.9 Å². The van der Waals surface area contributed by atoms with E-state index in [2.05, 4.69) is 0 Å². The second kappa shape index (κ2) is 5.91. The third-order valence-corrected chi connectivity index (χ3v) is 5.76. The smallest absolute Gasteiger partial charge is 0.181 e. The number of carbonyl (C=O) groups is 1. The Morgan fingerprint density at radius 2 is 2.00 bits per heavy atom. The molecule has 0 N–H and O–H groups in total. The van der Waals surface area contributed by atoms with Gasteiger partial charge in [0.1, 0.15) is 17.3 Å². The summed E-state index contributed by atoms with van der Waals surface area (Å²) in [5.41, 5.74) is -0.0194. The molecular formula is C14H17FO4S. The summed E-state index contributed by atoms with van der Waals surface area (Å²) in [7, 11) is -2.12. The second-order valence-electron chi connectivity index (χ2n) is 4.98. The van der Waals surface area contributed by atoms with Gasteiger partial charge < -0.3 is 4.74 Å². The molecule has 0 aliphatic heterocycles.